The fraction of sp³-hybridized carbons (Fsp3) is 0. The molecular formula is H4FMgNS. The molecule has 24 valence electrons. The third-order valence-corrected chi connectivity index (χ3v) is 0. The zero-order valence-electron chi connectivity index (χ0n) is 1.32. The van der Waals surface area contributed by atoms with Crippen molar-refractivity contribution in [1.82, 2.24) is 0 Å². The van der Waals surface area contributed by atoms with E-state index in [0.717, 1.165) is 0 Å². The lowest BCUT2D eigenvalue weighted by Gasteiger charge is -0.821. The lowest BCUT2D eigenvalue weighted by atomic mass is 14.0. The molecule has 0 aliphatic carbocycles. The van der Waals surface area contributed by atoms with E-state index in [2.05, 4.69) is 12.4 Å². The Morgan fingerprint density at radius 2 is 1.25 bits per heavy atom. The van der Waals surface area contributed by atoms with E-state index in [1.165, 1.54) is 0 Å². The molecule has 0 heterocycles. The smallest absolute Gasteiger partial charge is 0.269 e. The van der Waals surface area contributed by atoms with E-state index in [-0.39, 0.29) is 27.8 Å². The van der Waals surface area contributed by atoms with Crippen molar-refractivity contribution >= 4 is 35.5 Å². The number of nitrogens with one attached hydrogen (secondary N) is 1. The molecule has 0 rings (SSSR count). The van der Waals surface area contributed by atoms with Crippen LogP contribution in [0, 0.1) is 4.78 Å². The summed E-state index contributed by atoms with van der Waals surface area (Å²) in [4.78, 5) is 0. The molecule has 0 aliphatic rings. The fourth-order valence-corrected chi connectivity index (χ4v) is 0. The van der Waals surface area contributed by atoms with Gasteiger partial charge in [-0.15, -0.1) is 0 Å². The molecule has 0 aromatic heterocycles. The van der Waals surface area contributed by atoms with Crippen molar-refractivity contribution in [3.63, 3.8) is 0 Å². The van der Waals surface area contributed by atoms with Crippen LogP contribution in [0.1, 0.15) is 0 Å². The van der Waals surface area contributed by atoms with Crippen LogP contribution in [0.25, 0.3) is 0 Å². The van der Waals surface area contributed by atoms with Crippen LogP contribution in [0.15, 0.2) is 0 Å². The summed E-state index contributed by atoms with van der Waals surface area (Å²) in [5, 5.41) is 0. The normalized spacial score (nSPS) is 1.00. The van der Waals surface area contributed by atoms with Gasteiger partial charge in [0.1, 0.15) is 0 Å². The largest absolute Gasteiger partial charge is 0.316 e. The zero-order chi connectivity index (χ0) is 2.00. The summed E-state index contributed by atoms with van der Waals surface area (Å²) in [5.41, 5.74) is 0. The Balaban J connectivity index is -0.00000000500. The van der Waals surface area contributed by atoms with Crippen LogP contribution in [0.3, 0.4) is 0 Å². The second-order valence-electron chi connectivity index (χ2n) is 0. The van der Waals surface area contributed by atoms with Crippen LogP contribution < -0.4 is 0 Å². The molecule has 0 fully saturated rings. The summed E-state index contributed by atoms with van der Waals surface area (Å²) in [5.74, 6) is 0. The zero-order valence-corrected chi connectivity index (χ0v) is 2.13. The average Bonchev–Trinajstić information content (AvgIpc) is 1.00. The lowest BCUT2D eigenvalue weighted by Crippen LogP contribution is -0.668. The van der Waals surface area contributed by atoms with E-state index >= 15 is 0 Å². The molecule has 0 aliphatic heterocycles. The SMILES string of the molecule is F.N=S.[MgH2]. The Hall–Kier alpha value is 0.716. The second kappa shape index (κ2) is 53.4. The van der Waals surface area contributed by atoms with Gasteiger partial charge < -0.3 is 0 Å². The highest BCUT2D eigenvalue weighted by molar-refractivity contribution is 7.45. The molecule has 4 heteroatoms. The van der Waals surface area contributed by atoms with Gasteiger partial charge in [-0.25, -0.2) is 4.78 Å². The Kier molecular flexibility index (Phi) is 295. The van der Waals surface area contributed by atoms with E-state index in [1.807, 2.05) is 0 Å². The quantitative estimate of drug-likeness (QED) is 0.402. The second-order valence-corrected chi connectivity index (χ2v) is 0. The summed E-state index contributed by atoms with van der Waals surface area (Å²) in [6.07, 6.45) is 0. The highest BCUT2D eigenvalue weighted by Gasteiger charge is 0.618. The summed E-state index contributed by atoms with van der Waals surface area (Å²) in [7, 11) is 0. The Morgan fingerprint density at radius 3 is 1.25 bits per heavy atom. The van der Waals surface area contributed by atoms with Gasteiger partial charge in [0, 0.05) is 12.4 Å². The van der Waals surface area contributed by atoms with Crippen molar-refractivity contribution in [3.8, 4) is 0 Å². The first-order chi connectivity index (χ1) is 1.00. The molecular weight excluding hydrogens is 89.4 g/mol. The molecule has 0 spiro atoms. The predicted molar refractivity (Wildman–Crippen MR) is 21.1 cm³/mol. The predicted octanol–water partition coefficient (Wildman–Crippen LogP) is -0.468. The van der Waals surface area contributed by atoms with Gasteiger partial charge in [0.15, 0.2) is 0 Å². The van der Waals surface area contributed by atoms with Crippen molar-refractivity contribution in [1.29, 1.82) is 4.78 Å². The molecule has 0 aromatic rings. The van der Waals surface area contributed by atoms with Crippen molar-refractivity contribution in [3.05, 3.63) is 0 Å². The van der Waals surface area contributed by atoms with Gasteiger partial charge in [0.05, 0.1) is 0 Å². The molecule has 0 atom stereocenters. The minimum Gasteiger partial charge on any atom is -0.269 e. The van der Waals surface area contributed by atoms with Crippen LogP contribution in [-0.2, 0) is 12.4 Å². The molecule has 0 bridgehead atoms. The Bertz CT molecular complexity index is 8.00. The molecule has 0 unspecified atom stereocenters. The minimum absolute atomic E-state index is 0. The van der Waals surface area contributed by atoms with Crippen LogP contribution in [0.2, 0.25) is 0 Å². The number of hydrogen-bond donors (Lipinski definition) is 1. The van der Waals surface area contributed by atoms with Crippen LogP contribution in [0.4, 0.5) is 4.70 Å². The number of rotatable bonds is 0. The van der Waals surface area contributed by atoms with Crippen LogP contribution in [-0.4, -0.2) is 23.1 Å². The average molecular weight is 93.4 g/mol. The van der Waals surface area contributed by atoms with E-state index in [9.17, 15) is 0 Å². The number of hydrogen-bond acceptors (Lipinski definition) is 2. The standard InChI is InChI=1S/FH.Mg.HNS.2H/c;;1-2;;/h1H;;1H;;. The highest BCUT2D eigenvalue weighted by atomic mass is 32.1. The van der Waals surface area contributed by atoms with E-state index in [1.54, 1.807) is 0 Å². The van der Waals surface area contributed by atoms with Crippen LogP contribution in [0.5, 0.6) is 0 Å². The summed E-state index contributed by atoms with van der Waals surface area (Å²) < 4.78 is 5.33. The van der Waals surface area contributed by atoms with E-state index in [4.69, 9.17) is 4.78 Å². The van der Waals surface area contributed by atoms with E-state index in [0.29, 0.717) is 0 Å². The minimum atomic E-state index is 0. The third-order valence-electron chi connectivity index (χ3n) is 0. The fourth-order valence-electron chi connectivity index (χ4n) is 0. The first-order valence-corrected chi connectivity index (χ1v) is 0.612. The van der Waals surface area contributed by atoms with Gasteiger partial charge in [0.2, 0.25) is 0 Å². The lowest BCUT2D eigenvalue weighted by molar-refractivity contribution is 1.11. The monoisotopic (exact) mass is 93.0 g/mol. The van der Waals surface area contributed by atoms with Crippen LogP contribution >= 0.6 is 0 Å². The van der Waals surface area contributed by atoms with Gasteiger partial charge in [-0.1, -0.05) is 0 Å². The Morgan fingerprint density at radius 1 is 1.25 bits per heavy atom. The molecule has 0 saturated carbocycles. The molecule has 0 radical (unpaired) electrons. The Labute approximate surface area is 45.3 Å². The topological polar surface area (TPSA) is 23.9 Å². The molecule has 0 aromatic carbocycles. The van der Waals surface area contributed by atoms with Crippen molar-refractivity contribution < 1.29 is 4.70 Å². The molecule has 0 saturated heterocycles. The van der Waals surface area contributed by atoms with Crippen molar-refractivity contribution in [2.45, 2.75) is 0 Å². The number of halogens is 1. The van der Waals surface area contributed by atoms with Gasteiger partial charge in [0.25, 0.3) is 0 Å². The summed E-state index contributed by atoms with van der Waals surface area (Å²) >= 11 is 3.33. The highest BCUT2D eigenvalue weighted by Crippen LogP contribution is 0.749. The maximum Gasteiger partial charge on any atom is 0.316 e. The van der Waals surface area contributed by atoms with Gasteiger partial charge in [-0.3, -0.25) is 4.70 Å². The molecule has 1 N–H and O–H groups in total. The molecule has 1 nitrogen and oxygen atoms in total. The maximum absolute atomic E-state index is 5.33. The first-order valence-electron chi connectivity index (χ1n) is 0.204. The molecule has 4 heavy (non-hydrogen) atoms. The summed E-state index contributed by atoms with van der Waals surface area (Å²) in [6.45, 7) is 0. The van der Waals surface area contributed by atoms with Crippen molar-refractivity contribution in [2.75, 3.05) is 0 Å². The first kappa shape index (κ1) is 22.1. The van der Waals surface area contributed by atoms with Crippen molar-refractivity contribution in [2.24, 2.45) is 0 Å². The van der Waals surface area contributed by atoms with E-state index < -0.39 is 0 Å². The van der Waals surface area contributed by atoms with Gasteiger partial charge in [-0.2, -0.15) is 0 Å². The van der Waals surface area contributed by atoms with Gasteiger partial charge >= 0.3 is 23.1 Å². The maximum atomic E-state index is 5.33. The summed E-state index contributed by atoms with van der Waals surface area (Å²) in [6, 6.07) is 0. The third kappa shape index (κ3) is 15.6. The van der Waals surface area contributed by atoms with Gasteiger partial charge in [-0.05, 0) is 0 Å². The molecule has 0 amide bonds.